The molecule has 0 aromatic heterocycles. The second-order valence-corrected chi connectivity index (χ2v) is 6.94. The molecule has 21 heavy (non-hydrogen) atoms. The third-order valence-electron chi connectivity index (χ3n) is 5.04. The second-order valence-electron chi connectivity index (χ2n) is 6.94. The summed E-state index contributed by atoms with van der Waals surface area (Å²) in [6, 6.07) is 6.74. The van der Waals surface area contributed by atoms with E-state index in [1.54, 1.807) is 0 Å². The van der Waals surface area contributed by atoms with Crippen LogP contribution in [0.5, 0.6) is 0 Å². The van der Waals surface area contributed by atoms with Gasteiger partial charge in [0.05, 0.1) is 5.60 Å². The number of hydrogen-bond acceptors (Lipinski definition) is 2. The van der Waals surface area contributed by atoms with Crippen molar-refractivity contribution < 1.29 is 4.74 Å². The van der Waals surface area contributed by atoms with E-state index in [1.807, 2.05) is 0 Å². The van der Waals surface area contributed by atoms with Gasteiger partial charge < -0.3 is 10.5 Å². The smallest absolute Gasteiger partial charge is 0.0838 e. The molecule has 1 aromatic rings. The van der Waals surface area contributed by atoms with Crippen LogP contribution in [0.1, 0.15) is 56.2 Å². The average molecular weight is 289 g/mol. The Balaban J connectivity index is 2.18. The average Bonchev–Trinajstić information content (AvgIpc) is 2.43. The Morgan fingerprint density at radius 1 is 1.38 bits per heavy atom. The molecule has 3 atom stereocenters. The molecule has 1 aromatic carbocycles. The summed E-state index contributed by atoms with van der Waals surface area (Å²) < 4.78 is 6.22. The summed E-state index contributed by atoms with van der Waals surface area (Å²) in [5, 5.41) is 0. The molecule has 0 bridgehead atoms. The van der Waals surface area contributed by atoms with E-state index in [9.17, 15) is 0 Å². The van der Waals surface area contributed by atoms with Crippen LogP contribution in [0.3, 0.4) is 0 Å². The Bertz CT molecular complexity index is 467. The molecule has 0 radical (unpaired) electrons. The highest BCUT2D eigenvalue weighted by Gasteiger charge is 2.41. The van der Waals surface area contributed by atoms with E-state index in [1.165, 1.54) is 29.5 Å². The van der Waals surface area contributed by atoms with Gasteiger partial charge in [-0.1, -0.05) is 43.5 Å². The maximum Gasteiger partial charge on any atom is 0.0838 e. The van der Waals surface area contributed by atoms with Crippen molar-refractivity contribution in [2.45, 2.75) is 71.4 Å². The van der Waals surface area contributed by atoms with Gasteiger partial charge in [0.25, 0.3) is 0 Å². The van der Waals surface area contributed by atoms with Crippen LogP contribution in [0, 0.1) is 19.8 Å². The van der Waals surface area contributed by atoms with Gasteiger partial charge in [-0.3, -0.25) is 0 Å². The van der Waals surface area contributed by atoms with Crippen molar-refractivity contribution in [1.29, 1.82) is 0 Å². The van der Waals surface area contributed by atoms with E-state index in [-0.39, 0.29) is 11.6 Å². The molecule has 0 heterocycles. The minimum atomic E-state index is -0.122. The summed E-state index contributed by atoms with van der Waals surface area (Å²) in [5.74, 6) is 0.718. The summed E-state index contributed by atoms with van der Waals surface area (Å²) in [5.41, 5.74) is 10.6. The summed E-state index contributed by atoms with van der Waals surface area (Å²) in [4.78, 5) is 0. The zero-order chi connectivity index (χ0) is 15.5. The highest BCUT2D eigenvalue weighted by molar-refractivity contribution is 5.31. The van der Waals surface area contributed by atoms with Crippen molar-refractivity contribution in [3.8, 4) is 0 Å². The quantitative estimate of drug-likeness (QED) is 0.883. The van der Waals surface area contributed by atoms with E-state index in [4.69, 9.17) is 10.5 Å². The molecule has 2 heteroatoms. The summed E-state index contributed by atoms with van der Waals surface area (Å²) in [7, 11) is 0. The van der Waals surface area contributed by atoms with Gasteiger partial charge in [0, 0.05) is 12.6 Å². The molecule has 2 N–H and O–H groups in total. The molecule has 1 fully saturated rings. The molecule has 1 aliphatic carbocycles. The van der Waals surface area contributed by atoms with Crippen LogP contribution in [0.15, 0.2) is 18.2 Å². The first-order valence-electron chi connectivity index (χ1n) is 8.42. The maximum atomic E-state index is 6.66. The fourth-order valence-corrected chi connectivity index (χ4v) is 3.85. The topological polar surface area (TPSA) is 35.2 Å². The van der Waals surface area contributed by atoms with Gasteiger partial charge in [0.2, 0.25) is 0 Å². The van der Waals surface area contributed by atoms with Crippen molar-refractivity contribution in [2.24, 2.45) is 11.7 Å². The van der Waals surface area contributed by atoms with E-state index in [2.05, 4.69) is 45.9 Å². The Kier molecular flexibility index (Phi) is 5.45. The van der Waals surface area contributed by atoms with Crippen LogP contribution in [-0.2, 0) is 11.2 Å². The van der Waals surface area contributed by atoms with Crippen molar-refractivity contribution >= 4 is 0 Å². The number of aryl methyl sites for hydroxylation is 2. The van der Waals surface area contributed by atoms with Crippen LogP contribution in [0.25, 0.3) is 0 Å². The van der Waals surface area contributed by atoms with Crippen LogP contribution in [-0.4, -0.2) is 18.2 Å². The van der Waals surface area contributed by atoms with Crippen LogP contribution >= 0.6 is 0 Å². The number of nitrogens with two attached hydrogens (primary N) is 1. The van der Waals surface area contributed by atoms with Gasteiger partial charge in [0.15, 0.2) is 0 Å². The second kappa shape index (κ2) is 6.93. The van der Waals surface area contributed by atoms with Gasteiger partial charge in [-0.25, -0.2) is 0 Å². The molecule has 0 aliphatic heterocycles. The minimum Gasteiger partial charge on any atom is -0.374 e. The Hall–Kier alpha value is -0.860. The monoisotopic (exact) mass is 289 g/mol. The van der Waals surface area contributed by atoms with E-state index >= 15 is 0 Å². The first-order chi connectivity index (χ1) is 9.97. The molecule has 0 saturated heterocycles. The SMILES string of the molecule is CCOC1(C(N)Cc2cc(C)ccc2C)CCCC(C)C1. The fraction of sp³-hybridized carbons (Fsp3) is 0.684. The number of hydrogen-bond donors (Lipinski definition) is 1. The Morgan fingerprint density at radius 2 is 2.14 bits per heavy atom. The molecule has 3 unspecified atom stereocenters. The molecule has 0 amide bonds. The third-order valence-corrected chi connectivity index (χ3v) is 5.04. The third kappa shape index (κ3) is 3.87. The molecule has 2 nitrogen and oxygen atoms in total. The fourth-order valence-electron chi connectivity index (χ4n) is 3.85. The highest BCUT2D eigenvalue weighted by atomic mass is 16.5. The molecular formula is C19H31NO. The lowest BCUT2D eigenvalue weighted by atomic mass is 9.73. The summed E-state index contributed by atoms with van der Waals surface area (Å²) in [6.45, 7) is 9.50. The normalized spacial score (nSPS) is 27.6. The zero-order valence-electron chi connectivity index (χ0n) is 14.1. The van der Waals surface area contributed by atoms with Gasteiger partial charge in [-0.05, 0) is 57.1 Å². The molecule has 1 saturated carbocycles. The lowest BCUT2D eigenvalue weighted by molar-refractivity contribution is -0.0925. The first-order valence-corrected chi connectivity index (χ1v) is 8.42. The van der Waals surface area contributed by atoms with Crippen LogP contribution in [0.2, 0.25) is 0 Å². The van der Waals surface area contributed by atoms with Crippen molar-refractivity contribution in [3.63, 3.8) is 0 Å². The molecule has 118 valence electrons. The standard InChI is InChI=1S/C19H31NO/c1-5-21-19(10-6-7-15(3)13-19)18(20)12-17-11-14(2)8-9-16(17)4/h8-9,11,15,18H,5-7,10,12-13,20H2,1-4H3. The molecule has 2 rings (SSSR count). The van der Waals surface area contributed by atoms with Gasteiger partial charge in [-0.15, -0.1) is 0 Å². The van der Waals surface area contributed by atoms with Gasteiger partial charge in [-0.2, -0.15) is 0 Å². The number of benzene rings is 1. The van der Waals surface area contributed by atoms with Crippen molar-refractivity contribution in [1.82, 2.24) is 0 Å². The Morgan fingerprint density at radius 3 is 2.81 bits per heavy atom. The van der Waals surface area contributed by atoms with E-state index < -0.39 is 0 Å². The van der Waals surface area contributed by atoms with Crippen LogP contribution < -0.4 is 5.73 Å². The molecular weight excluding hydrogens is 258 g/mol. The lowest BCUT2D eigenvalue weighted by Gasteiger charge is -2.44. The van der Waals surface area contributed by atoms with Gasteiger partial charge >= 0.3 is 0 Å². The van der Waals surface area contributed by atoms with Crippen LogP contribution in [0.4, 0.5) is 0 Å². The lowest BCUT2D eigenvalue weighted by Crippen LogP contribution is -2.53. The number of rotatable bonds is 5. The van der Waals surface area contributed by atoms with Crippen molar-refractivity contribution in [3.05, 3.63) is 34.9 Å². The maximum absolute atomic E-state index is 6.66. The summed E-state index contributed by atoms with van der Waals surface area (Å²) >= 11 is 0. The largest absolute Gasteiger partial charge is 0.374 e. The highest BCUT2D eigenvalue weighted by Crippen LogP contribution is 2.38. The zero-order valence-corrected chi connectivity index (χ0v) is 14.1. The predicted molar refractivity (Wildman–Crippen MR) is 89.6 cm³/mol. The summed E-state index contributed by atoms with van der Waals surface area (Å²) in [6.07, 6.45) is 5.68. The predicted octanol–water partition coefficient (Wildman–Crippen LogP) is 4.16. The van der Waals surface area contributed by atoms with E-state index in [0.717, 1.165) is 31.8 Å². The van der Waals surface area contributed by atoms with Crippen molar-refractivity contribution in [2.75, 3.05) is 6.61 Å². The Labute approximate surface area is 130 Å². The van der Waals surface area contributed by atoms with Gasteiger partial charge in [0.1, 0.15) is 0 Å². The first kappa shape index (κ1) is 16.5. The minimum absolute atomic E-state index is 0.0840. The molecule has 0 spiro atoms. The number of ether oxygens (including phenoxy) is 1. The molecule has 1 aliphatic rings. The van der Waals surface area contributed by atoms with E-state index in [0.29, 0.717) is 0 Å².